The zero-order valence-electron chi connectivity index (χ0n) is 17.3. The van der Waals surface area contributed by atoms with Crippen LogP contribution in [0.15, 0.2) is 97.1 Å². The van der Waals surface area contributed by atoms with E-state index in [9.17, 15) is 0 Å². The van der Waals surface area contributed by atoms with Gasteiger partial charge in [0.1, 0.15) is 5.82 Å². The van der Waals surface area contributed by atoms with E-state index in [1.807, 2.05) is 0 Å². The van der Waals surface area contributed by atoms with Crippen molar-refractivity contribution in [1.82, 2.24) is 9.55 Å². The molecule has 5 rings (SSSR count). The number of hydrogen-bond acceptors (Lipinski definition) is 1. The largest absolute Gasteiger partial charge is 0.296 e. The Morgan fingerprint density at radius 1 is 0.600 bits per heavy atom. The van der Waals surface area contributed by atoms with Gasteiger partial charge >= 0.3 is 0 Å². The van der Waals surface area contributed by atoms with Gasteiger partial charge in [-0.3, -0.25) is 4.57 Å². The van der Waals surface area contributed by atoms with Crippen LogP contribution in [0.5, 0.6) is 0 Å². The Morgan fingerprint density at radius 3 is 1.97 bits per heavy atom. The Bertz CT molecular complexity index is 1160. The summed E-state index contributed by atoms with van der Waals surface area (Å²) in [5, 5.41) is 0. The standard InChI is InChI=1S/C28H28N2/c1-3-7-14-20-26-23(17-10-5-1)22-16-11-9-12-18-24(22)28-29-25-19-13-6-2-4-8-15-21-27(25)30(26)28/h1-8,10,13-15,17,19-22,24H,9,11-12,16,18H2. The van der Waals surface area contributed by atoms with Crippen LogP contribution in [0.4, 0.5) is 0 Å². The van der Waals surface area contributed by atoms with E-state index in [1.165, 1.54) is 54.7 Å². The highest BCUT2D eigenvalue weighted by molar-refractivity contribution is 5.78. The zero-order chi connectivity index (χ0) is 20.2. The summed E-state index contributed by atoms with van der Waals surface area (Å²) in [6, 6.07) is 34.2. The molecule has 0 bridgehead atoms. The van der Waals surface area contributed by atoms with Crippen molar-refractivity contribution >= 4 is 11.0 Å². The highest BCUT2D eigenvalue weighted by atomic mass is 15.1. The van der Waals surface area contributed by atoms with Crippen LogP contribution in [0.2, 0.25) is 0 Å². The molecule has 1 aliphatic carbocycles. The summed E-state index contributed by atoms with van der Waals surface area (Å²) in [7, 11) is 0. The second-order valence-electron chi connectivity index (χ2n) is 8.24. The average Bonchev–Trinajstić information content (AvgIpc) is 2.94. The molecule has 0 spiro atoms. The minimum atomic E-state index is 0.484. The molecule has 1 aromatic heterocycles. The van der Waals surface area contributed by atoms with Crippen molar-refractivity contribution in [3.8, 4) is 5.69 Å². The minimum Gasteiger partial charge on any atom is -0.296 e. The van der Waals surface area contributed by atoms with Gasteiger partial charge in [0.25, 0.3) is 0 Å². The zero-order valence-corrected chi connectivity index (χ0v) is 17.3. The van der Waals surface area contributed by atoms with Crippen LogP contribution in [0, 0.1) is 0 Å². The lowest BCUT2D eigenvalue weighted by atomic mass is 9.79. The number of imidazole rings is 1. The summed E-state index contributed by atoms with van der Waals surface area (Å²) in [4.78, 5) is 5.22. The van der Waals surface area contributed by atoms with E-state index in [0.29, 0.717) is 11.8 Å². The topological polar surface area (TPSA) is 17.8 Å². The van der Waals surface area contributed by atoms with E-state index < -0.39 is 0 Å². The van der Waals surface area contributed by atoms with Gasteiger partial charge in [-0.1, -0.05) is 98.1 Å². The molecule has 0 amide bonds. The lowest BCUT2D eigenvalue weighted by Gasteiger charge is -2.32. The molecule has 2 heterocycles. The van der Waals surface area contributed by atoms with Crippen molar-refractivity contribution in [2.45, 2.75) is 43.9 Å². The van der Waals surface area contributed by atoms with Crippen LogP contribution < -0.4 is 0 Å². The second kappa shape index (κ2) is 8.71. The number of fused-ring (bicyclic) bond motifs is 8. The molecular formula is C28H28N2. The minimum absolute atomic E-state index is 0.484. The first-order valence-corrected chi connectivity index (χ1v) is 11.2. The first-order valence-electron chi connectivity index (χ1n) is 11.2. The Balaban J connectivity index is 1.89. The van der Waals surface area contributed by atoms with Crippen LogP contribution >= 0.6 is 0 Å². The maximum Gasteiger partial charge on any atom is 0.118 e. The number of nitrogens with zero attached hydrogens (tertiary/aromatic N) is 2. The molecule has 2 aliphatic rings. The fourth-order valence-electron chi connectivity index (χ4n) is 5.05. The van der Waals surface area contributed by atoms with Gasteiger partial charge in [0.2, 0.25) is 0 Å². The third kappa shape index (κ3) is 3.59. The summed E-state index contributed by atoms with van der Waals surface area (Å²) in [6.45, 7) is 0. The van der Waals surface area contributed by atoms with E-state index in [4.69, 9.17) is 4.98 Å². The highest BCUT2D eigenvalue weighted by Gasteiger charge is 2.36. The molecular weight excluding hydrogens is 364 g/mol. The summed E-state index contributed by atoms with van der Waals surface area (Å²) in [5.41, 5.74) is 4.96. The fourth-order valence-corrected chi connectivity index (χ4v) is 5.05. The third-order valence-electron chi connectivity index (χ3n) is 6.40. The monoisotopic (exact) mass is 392 g/mol. The first kappa shape index (κ1) is 18.9. The third-order valence-corrected chi connectivity index (χ3v) is 6.40. The predicted octanol–water partition coefficient (Wildman–Crippen LogP) is 7.42. The quantitative estimate of drug-likeness (QED) is 0.389. The summed E-state index contributed by atoms with van der Waals surface area (Å²) in [5.74, 6) is 2.26. The maximum atomic E-state index is 5.22. The van der Waals surface area contributed by atoms with Crippen molar-refractivity contribution in [1.29, 1.82) is 0 Å². The van der Waals surface area contributed by atoms with E-state index >= 15 is 0 Å². The molecule has 2 unspecified atom stereocenters. The molecule has 1 fully saturated rings. The van der Waals surface area contributed by atoms with Crippen molar-refractivity contribution < 1.29 is 0 Å². The molecule has 150 valence electrons. The normalized spacial score (nSPS) is 19.3. The van der Waals surface area contributed by atoms with Gasteiger partial charge < -0.3 is 0 Å². The molecule has 3 aromatic rings. The lowest BCUT2D eigenvalue weighted by molar-refractivity contribution is 0.466. The molecule has 30 heavy (non-hydrogen) atoms. The second-order valence-corrected chi connectivity index (χ2v) is 8.24. The molecule has 2 aromatic carbocycles. The van der Waals surface area contributed by atoms with Crippen molar-refractivity contribution in [3.63, 3.8) is 0 Å². The SMILES string of the molecule is c1ccccc2c(ccc1)C1CCCCCC1c1nc3ccccccccc3n1-2. The fraction of sp³-hybridized carbons (Fsp3) is 0.250. The van der Waals surface area contributed by atoms with Gasteiger partial charge in [-0.2, -0.15) is 0 Å². The van der Waals surface area contributed by atoms with Crippen LogP contribution in [0.3, 0.4) is 0 Å². The van der Waals surface area contributed by atoms with Gasteiger partial charge in [0.05, 0.1) is 16.7 Å². The molecule has 0 saturated heterocycles. The van der Waals surface area contributed by atoms with Gasteiger partial charge in [-0.15, -0.1) is 0 Å². The van der Waals surface area contributed by atoms with E-state index in [-0.39, 0.29) is 0 Å². The van der Waals surface area contributed by atoms with Crippen LogP contribution in [0.1, 0.15) is 55.3 Å². The van der Waals surface area contributed by atoms with Crippen molar-refractivity contribution in [2.24, 2.45) is 0 Å². The summed E-state index contributed by atoms with van der Waals surface area (Å²) >= 11 is 0. The molecule has 0 N–H and O–H groups in total. The highest BCUT2D eigenvalue weighted by Crippen LogP contribution is 2.48. The smallest absolute Gasteiger partial charge is 0.118 e. The van der Waals surface area contributed by atoms with Crippen molar-refractivity contribution in [3.05, 3.63) is 108 Å². The lowest BCUT2D eigenvalue weighted by Crippen LogP contribution is -2.22. The number of hydrogen-bond donors (Lipinski definition) is 0. The average molecular weight is 393 g/mol. The number of rotatable bonds is 0. The van der Waals surface area contributed by atoms with Crippen LogP contribution in [-0.4, -0.2) is 9.55 Å². The molecule has 1 saturated carbocycles. The Kier molecular flexibility index (Phi) is 5.48. The van der Waals surface area contributed by atoms with Gasteiger partial charge in [0.15, 0.2) is 0 Å². The van der Waals surface area contributed by atoms with E-state index in [0.717, 1.165) is 5.52 Å². The van der Waals surface area contributed by atoms with Gasteiger partial charge in [0, 0.05) is 5.92 Å². The predicted molar refractivity (Wildman–Crippen MR) is 125 cm³/mol. The Morgan fingerprint density at radius 2 is 1.20 bits per heavy atom. The molecule has 1 aliphatic heterocycles. The summed E-state index contributed by atoms with van der Waals surface area (Å²) < 4.78 is 2.43. The number of aromatic nitrogens is 2. The van der Waals surface area contributed by atoms with Crippen LogP contribution in [0.25, 0.3) is 16.7 Å². The van der Waals surface area contributed by atoms with Crippen molar-refractivity contribution in [2.75, 3.05) is 0 Å². The Labute approximate surface area is 178 Å². The van der Waals surface area contributed by atoms with Gasteiger partial charge in [-0.25, -0.2) is 4.98 Å². The van der Waals surface area contributed by atoms with E-state index in [1.54, 1.807) is 0 Å². The van der Waals surface area contributed by atoms with Gasteiger partial charge in [-0.05, 0) is 42.5 Å². The molecule has 2 atom stereocenters. The first-order chi connectivity index (χ1) is 14.9. The van der Waals surface area contributed by atoms with E-state index in [2.05, 4.69) is 102 Å². The van der Waals surface area contributed by atoms with Crippen LogP contribution in [-0.2, 0) is 0 Å². The maximum absolute atomic E-state index is 5.22. The molecule has 2 heteroatoms. The summed E-state index contributed by atoms with van der Waals surface area (Å²) in [6.07, 6.45) is 6.39. The Hall–Kier alpha value is -3.13. The molecule has 2 nitrogen and oxygen atoms in total. The molecule has 0 radical (unpaired) electrons.